The van der Waals surface area contributed by atoms with Crippen LogP contribution < -0.4 is 20.1 Å². The van der Waals surface area contributed by atoms with E-state index in [4.69, 9.17) is 0 Å². The van der Waals surface area contributed by atoms with E-state index in [1.807, 2.05) is 9.44 Å². The number of hydrogen-bond acceptors (Lipinski definition) is 8. The van der Waals surface area contributed by atoms with E-state index in [-0.39, 0.29) is 22.6 Å². The molecule has 0 spiro atoms. The molecule has 2 aromatic rings. The Bertz CT molecular complexity index is 1200. The minimum atomic E-state index is -3.99. The lowest BCUT2D eigenvalue weighted by Crippen LogP contribution is -2.28. The standard InChI is InChI=1S/C20H22N4O8S2/c1-13(25)23-33(29,30)17-7-3-15(4-8-17)21-19(27)11-12-20(28)22-16-5-9-18(10-6-16)34(31,32)24-14(2)26/h3-10H,11-12H2,1-2H3,(H,21,27)(H,22,28)(H,23,25)(H,24,26). The van der Waals surface area contributed by atoms with E-state index in [9.17, 15) is 36.0 Å². The van der Waals surface area contributed by atoms with Crippen molar-refractivity contribution in [1.29, 1.82) is 0 Å². The summed E-state index contributed by atoms with van der Waals surface area (Å²) in [5, 5.41) is 5.04. The van der Waals surface area contributed by atoms with Gasteiger partial charge in [0.2, 0.25) is 23.6 Å². The van der Waals surface area contributed by atoms with Crippen molar-refractivity contribution in [3.05, 3.63) is 48.5 Å². The summed E-state index contributed by atoms with van der Waals surface area (Å²) >= 11 is 0. The summed E-state index contributed by atoms with van der Waals surface area (Å²) in [6, 6.07) is 10.2. The largest absolute Gasteiger partial charge is 0.326 e. The molecule has 0 radical (unpaired) electrons. The lowest BCUT2D eigenvalue weighted by molar-refractivity contribution is -0.121. The van der Waals surface area contributed by atoms with Crippen molar-refractivity contribution in [1.82, 2.24) is 9.44 Å². The van der Waals surface area contributed by atoms with Gasteiger partial charge in [0.1, 0.15) is 0 Å². The minimum absolute atomic E-state index is 0.157. The van der Waals surface area contributed by atoms with Crippen molar-refractivity contribution in [3.63, 3.8) is 0 Å². The van der Waals surface area contributed by atoms with Crippen LogP contribution in [0.15, 0.2) is 58.3 Å². The Morgan fingerprint density at radius 2 is 0.882 bits per heavy atom. The fourth-order valence-electron chi connectivity index (χ4n) is 2.61. The first-order valence-corrected chi connectivity index (χ1v) is 12.6. The van der Waals surface area contributed by atoms with Crippen LogP contribution in [0.3, 0.4) is 0 Å². The predicted octanol–water partition coefficient (Wildman–Crippen LogP) is 0.694. The first-order valence-electron chi connectivity index (χ1n) is 9.65. The normalized spacial score (nSPS) is 11.2. The smallest absolute Gasteiger partial charge is 0.264 e. The highest BCUT2D eigenvalue weighted by molar-refractivity contribution is 7.90. The summed E-state index contributed by atoms with van der Waals surface area (Å²) in [5.41, 5.74) is 0.589. The third-order valence-electron chi connectivity index (χ3n) is 4.03. The van der Waals surface area contributed by atoms with Crippen LogP contribution in [-0.2, 0) is 39.2 Å². The van der Waals surface area contributed by atoms with Crippen molar-refractivity contribution >= 4 is 55.1 Å². The molecule has 0 saturated heterocycles. The maximum Gasteiger partial charge on any atom is 0.264 e. The second-order valence-electron chi connectivity index (χ2n) is 6.97. The summed E-state index contributed by atoms with van der Waals surface area (Å²) in [6.45, 7) is 2.13. The molecule has 0 unspecified atom stereocenters. The van der Waals surface area contributed by atoms with Gasteiger partial charge >= 0.3 is 0 Å². The van der Waals surface area contributed by atoms with E-state index in [0.29, 0.717) is 11.4 Å². The number of anilines is 2. The Morgan fingerprint density at radius 3 is 1.15 bits per heavy atom. The molecule has 0 saturated carbocycles. The third-order valence-corrected chi connectivity index (χ3v) is 6.93. The van der Waals surface area contributed by atoms with Crippen LogP contribution >= 0.6 is 0 Å². The molecular weight excluding hydrogens is 488 g/mol. The number of benzene rings is 2. The molecule has 0 aliphatic heterocycles. The highest BCUT2D eigenvalue weighted by atomic mass is 32.2. The number of hydrogen-bond donors (Lipinski definition) is 4. The Hall–Kier alpha value is -3.78. The summed E-state index contributed by atoms with van der Waals surface area (Å²) in [4.78, 5) is 45.7. The average Bonchev–Trinajstić information content (AvgIpc) is 2.71. The number of carbonyl (C=O) groups excluding carboxylic acids is 4. The molecule has 0 heterocycles. The number of nitrogens with one attached hydrogen (secondary N) is 4. The van der Waals surface area contributed by atoms with Crippen LogP contribution in [0, 0.1) is 0 Å². The molecule has 4 amide bonds. The van der Waals surface area contributed by atoms with Gasteiger partial charge in [0, 0.05) is 38.1 Å². The van der Waals surface area contributed by atoms with Gasteiger partial charge in [0.15, 0.2) is 0 Å². The molecule has 0 fully saturated rings. The van der Waals surface area contributed by atoms with E-state index >= 15 is 0 Å². The van der Waals surface area contributed by atoms with Crippen molar-refractivity contribution in [3.8, 4) is 0 Å². The van der Waals surface area contributed by atoms with E-state index in [2.05, 4.69) is 10.6 Å². The maximum absolute atomic E-state index is 12.1. The van der Waals surface area contributed by atoms with Gasteiger partial charge in [-0.05, 0) is 48.5 Å². The van der Waals surface area contributed by atoms with Gasteiger partial charge in [-0.1, -0.05) is 0 Å². The van der Waals surface area contributed by atoms with Crippen molar-refractivity contribution < 1.29 is 36.0 Å². The lowest BCUT2D eigenvalue weighted by atomic mass is 10.2. The van der Waals surface area contributed by atoms with Gasteiger partial charge in [0.05, 0.1) is 9.79 Å². The first-order chi connectivity index (χ1) is 15.8. The zero-order chi connectivity index (χ0) is 25.5. The maximum atomic E-state index is 12.1. The van der Waals surface area contributed by atoms with Gasteiger partial charge in [-0.3, -0.25) is 19.2 Å². The molecule has 4 N–H and O–H groups in total. The number of sulfonamides is 2. The van der Waals surface area contributed by atoms with Gasteiger partial charge in [0.25, 0.3) is 20.0 Å². The van der Waals surface area contributed by atoms with Crippen molar-refractivity contribution in [2.75, 3.05) is 10.6 Å². The molecule has 0 aliphatic rings. The van der Waals surface area contributed by atoms with Gasteiger partial charge < -0.3 is 10.6 Å². The van der Waals surface area contributed by atoms with Gasteiger partial charge in [-0.2, -0.15) is 0 Å². The van der Waals surface area contributed by atoms with Crippen molar-refractivity contribution in [2.45, 2.75) is 36.5 Å². The molecule has 34 heavy (non-hydrogen) atoms. The predicted molar refractivity (Wildman–Crippen MR) is 121 cm³/mol. The van der Waals surface area contributed by atoms with Crippen LogP contribution in [0.2, 0.25) is 0 Å². The molecule has 12 nitrogen and oxygen atoms in total. The summed E-state index contributed by atoms with van der Waals surface area (Å²) in [5.74, 6) is -2.46. The minimum Gasteiger partial charge on any atom is -0.326 e. The molecule has 2 rings (SSSR count). The average molecular weight is 511 g/mol. The van der Waals surface area contributed by atoms with Crippen LogP contribution in [0.5, 0.6) is 0 Å². The van der Waals surface area contributed by atoms with Crippen LogP contribution in [-0.4, -0.2) is 40.5 Å². The molecule has 182 valence electrons. The van der Waals surface area contributed by atoms with Crippen LogP contribution in [0.4, 0.5) is 11.4 Å². The second-order valence-corrected chi connectivity index (χ2v) is 10.3. The third kappa shape index (κ3) is 7.97. The quantitative estimate of drug-likeness (QED) is 0.379. The monoisotopic (exact) mass is 510 g/mol. The van der Waals surface area contributed by atoms with Crippen LogP contribution in [0.25, 0.3) is 0 Å². The Kier molecular flexibility index (Phi) is 8.48. The van der Waals surface area contributed by atoms with E-state index in [0.717, 1.165) is 13.8 Å². The molecular formula is C20H22N4O8S2. The summed E-state index contributed by atoms with van der Waals surface area (Å²) < 4.78 is 51.3. The number of amides is 4. The Labute approximate surface area is 196 Å². The molecule has 0 atom stereocenters. The van der Waals surface area contributed by atoms with E-state index < -0.39 is 43.7 Å². The number of rotatable bonds is 9. The Balaban J connectivity index is 1.87. The molecule has 0 aliphatic carbocycles. The Morgan fingerprint density at radius 1 is 0.588 bits per heavy atom. The van der Waals surface area contributed by atoms with Gasteiger partial charge in [-0.15, -0.1) is 0 Å². The van der Waals surface area contributed by atoms with Gasteiger partial charge in [-0.25, -0.2) is 26.3 Å². The molecule has 2 aromatic carbocycles. The fourth-order valence-corrected chi connectivity index (χ4v) is 4.59. The lowest BCUT2D eigenvalue weighted by Gasteiger charge is -2.09. The highest BCUT2D eigenvalue weighted by Crippen LogP contribution is 2.16. The second kappa shape index (κ2) is 10.9. The molecule has 14 heteroatoms. The SMILES string of the molecule is CC(=O)NS(=O)(=O)c1ccc(NC(=O)CCC(=O)Nc2ccc(S(=O)(=O)NC(C)=O)cc2)cc1. The zero-order valence-corrected chi connectivity index (χ0v) is 19.7. The summed E-state index contributed by atoms with van der Waals surface area (Å²) in [7, 11) is -7.98. The van der Waals surface area contributed by atoms with Crippen LogP contribution in [0.1, 0.15) is 26.7 Å². The number of carbonyl (C=O) groups is 4. The topological polar surface area (TPSA) is 185 Å². The fraction of sp³-hybridized carbons (Fsp3) is 0.200. The molecule has 0 aromatic heterocycles. The van der Waals surface area contributed by atoms with Crippen molar-refractivity contribution in [2.24, 2.45) is 0 Å². The van der Waals surface area contributed by atoms with E-state index in [1.54, 1.807) is 0 Å². The van der Waals surface area contributed by atoms with E-state index in [1.165, 1.54) is 48.5 Å². The molecule has 0 bridgehead atoms. The summed E-state index contributed by atoms with van der Waals surface area (Å²) in [6.07, 6.45) is -0.348. The highest BCUT2D eigenvalue weighted by Gasteiger charge is 2.17. The first kappa shape index (κ1) is 26.5. The zero-order valence-electron chi connectivity index (χ0n) is 18.1.